The van der Waals surface area contributed by atoms with Crippen molar-refractivity contribution in [2.75, 3.05) is 13.2 Å². The predicted octanol–water partition coefficient (Wildman–Crippen LogP) is 0.713. The van der Waals surface area contributed by atoms with Gasteiger partial charge < -0.3 is 19.9 Å². The lowest BCUT2D eigenvalue weighted by Gasteiger charge is -2.26. The zero-order chi connectivity index (χ0) is 13.0. The van der Waals surface area contributed by atoms with Gasteiger partial charge in [-0.3, -0.25) is 4.79 Å². The monoisotopic (exact) mass is 251 g/mol. The minimum Gasteiger partial charge on any atom is -0.485 e. The summed E-state index contributed by atoms with van der Waals surface area (Å²) in [6.07, 6.45) is 0.00682. The molecule has 2 atom stereocenters. The molecular weight excluding hydrogens is 234 g/mol. The fourth-order valence-corrected chi connectivity index (χ4v) is 1.72. The topological polar surface area (TPSA) is 67.8 Å². The summed E-state index contributed by atoms with van der Waals surface area (Å²) in [5, 5.41) is 11.8. The molecular formula is C13H17NO4. The first kappa shape index (κ1) is 12.7. The van der Waals surface area contributed by atoms with Crippen LogP contribution in [0.2, 0.25) is 0 Å². The zero-order valence-electron chi connectivity index (χ0n) is 10.3. The molecule has 1 amide bonds. The zero-order valence-corrected chi connectivity index (χ0v) is 10.3. The Bertz CT molecular complexity index is 417. The van der Waals surface area contributed by atoms with Gasteiger partial charge in [0.15, 0.2) is 11.5 Å². The van der Waals surface area contributed by atoms with Gasteiger partial charge >= 0.3 is 0 Å². The number of carbonyl (C=O) groups is 1. The highest BCUT2D eigenvalue weighted by Crippen LogP contribution is 2.30. The van der Waals surface area contributed by atoms with E-state index in [0.29, 0.717) is 17.9 Å². The van der Waals surface area contributed by atoms with Crippen LogP contribution in [0.15, 0.2) is 24.3 Å². The standard InChI is InChI=1S/C13H17NO4/c1-2-9(7-15)14-13(16)12-8-17-10-5-3-4-6-11(10)18-12/h3-6,9,12,15H,2,7-8H2,1H3,(H,14,16)/t9-,12?/m1/s1. The Hall–Kier alpha value is -1.75. The maximum Gasteiger partial charge on any atom is 0.264 e. The van der Waals surface area contributed by atoms with E-state index < -0.39 is 6.10 Å². The van der Waals surface area contributed by atoms with E-state index in [1.807, 2.05) is 19.1 Å². The Labute approximate surface area is 106 Å². The molecule has 1 heterocycles. The number of carbonyl (C=O) groups excluding carboxylic acids is 1. The summed E-state index contributed by atoms with van der Waals surface area (Å²) in [7, 11) is 0. The summed E-state index contributed by atoms with van der Waals surface area (Å²) in [5.74, 6) is 0.960. The molecule has 1 aromatic rings. The number of aliphatic hydroxyl groups is 1. The van der Waals surface area contributed by atoms with Gasteiger partial charge in [-0.15, -0.1) is 0 Å². The van der Waals surface area contributed by atoms with Gasteiger partial charge in [0.25, 0.3) is 5.91 Å². The van der Waals surface area contributed by atoms with Gasteiger partial charge in [-0.05, 0) is 18.6 Å². The molecule has 1 aromatic carbocycles. The van der Waals surface area contributed by atoms with Gasteiger partial charge in [-0.2, -0.15) is 0 Å². The van der Waals surface area contributed by atoms with Crippen molar-refractivity contribution in [2.24, 2.45) is 0 Å². The number of hydrogen-bond donors (Lipinski definition) is 2. The van der Waals surface area contributed by atoms with E-state index in [9.17, 15) is 4.79 Å². The van der Waals surface area contributed by atoms with Gasteiger partial charge in [0.1, 0.15) is 6.61 Å². The molecule has 5 heteroatoms. The third-order valence-electron chi connectivity index (χ3n) is 2.86. The highest BCUT2D eigenvalue weighted by atomic mass is 16.6. The normalized spacial score (nSPS) is 19.1. The molecule has 0 aliphatic carbocycles. The number of aliphatic hydroxyl groups excluding tert-OH is 1. The summed E-state index contributed by atoms with van der Waals surface area (Å²) >= 11 is 0. The number of para-hydroxylation sites is 2. The van der Waals surface area contributed by atoms with Crippen molar-refractivity contribution in [1.29, 1.82) is 0 Å². The van der Waals surface area contributed by atoms with Crippen molar-refractivity contribution in [3.05, 3.63) is 24.3 Å². The van der Waals surface area contributed by atoms with Crippen molar-refractivity contribution < 1.29 is 19.4 Å². The minimum atomic E-state index is -0.666. The number of rotatable bonds is 4. The molecule has 0 bridgehead atoms. The first-order valence-electron chi connectivity index (χ1n) is 6.04. The Morgan fingerprint density at radius 1 is 1.50 bits per heavy atom. The van der Waals surface area contributed by atoms with Gasteiger partial charge in [0, 0.05) is 0 Å². The van der Waals surface area contributed by atoms with Crippen molar-refractivity contribution in [1.82, 2.24) is 5.32 Å². The van der Waals surface area contributed by atoms with Crippen LogP contribution in [0, 0.1) is 0 Å². The number of hydrogen-bond acceptors (Lipinski definition) is 4. The summed E-state index contributed by atoms with van der Waals surface area (Å²) in [5.41, 5.74) is 0. The fourth-order valence-electron chi connectivity index (χ4n) is 1.72. The Kier molecular flexibility index (Phi) is 4.04. The van der Waals surface area contributed by atoms with Gasteiger partial charge in [0.2, 0.25) is 6.10 Å². The van der Waals surface area contributed by atoms with E-state index in [2.05, 4.69) is 5.32 Å². The molecule has 1 aliphatic heterocycles. The molecule has 1 unspecified atom stereocenters. The minimum absolute atomic E-state index is 0.0770. The second kappa shape index (κ2) is 5.73. The molecule has 0 saturated carbocycles. The van der Waals surface area contributed by atoms with E-state index in [1.165, 1.54) is 0 Å². The summed E-state index contributed by atoms with van der Waals surface area (Å²) in [6.45, 7) is 2.01. The van der Waals surface area contributed by atoms with Crippen molar-refractivity contribution in [3.8, 4) is 11.5 Å². The molecule has 0 aromatic heterocycles. The third kappa shape index (κ3) is 2.73. The van der Waals surface area contributed by atoms with Crippen LogP contribution in [-0.4, -0.2) is 36.4 Å². The van der Waals surface area contributed by atoms with Gasteiger partial charge in [0.05, 0.1) is 12.6 Å². The number of amides is 1. The highest BCUT2D eigenvalue weighted by molar-refractivity contribution is 5.82. The quantitative estimate of drug-likeness (QED) is 0.827. The summed E-state index contributed by atoms with van der Waals surface area (Å²) in [4.78, 5) is 11.9. The number of ether oxygens (including phenoxy) is 2. The van der Waals surface area contributed by atoms with Crippen LogP contribution in [0.4, 0.5) is 0 Å². The molecule has 5 nitrogen and oxygen atoms in total. The van der Waals surface area contributed by atoms with E-state index in [-0.39, 0.29) is 25.2 Å². The first-order chi connectivity index (χ1) is 8.74. The average Bonchev–Trinajstić information content (AvgIpc) is 2.44. The lowest BCUT2D eigenvalue weighted by molar-refractivity contribution is -0.131. The molecule has 2 rings (SSSR count). The molecule has 0 radical (unpaired) electrons. The first-order valence-corrected chi connectivity index (χ1v) is 6.04. The van der Waals surface area contributed by atoms with Gasteiger partial charge in [-0.25, -0.2) is 0 Å². The van der Waals surface area contributed by atoms with E-state index in [0.717, 1.165) is 0 Å². The fraction of sp³-hybridized carbons (Fsp3) is 0.462. The lowest BCUT2D eigenvalue weighted by Crippen LogP contribution is -2.48. The Morgan fingerprint density at radius 2 is 2.22 bits per heavy atom. The van der Waals surface area contributed by atoms with E-state index >= 15 is 0 Å². The largest absolute Gasteiger partial charge is 0.485 e. The molecule has 0 saturated heterocycles. The molecule has 0 spiro atoms. The maximum atomic E-state index is 11.9. The van der Waals surface area contributed by atoms with Crippen molar-refractivity contribution in [2.45, 2.75) is 25.5 Å². The van der Waals surface area contributed by atoms with Crippen LogP contribution in [0.5, 0.6) is 11.5 Å². The molecule has 1 aliphatic rings. The van der Waals surface area contributed by atoms with Crippen molar-refractivity contribution in [3.63, 3.8) is 0 Å². The SMILES string of the molecule is CC[C@H](CO)NC(=O)C1COc2ccccc2O1. The average molecular weight is 251 g/mol. The second-order valence-corrected chi connectivity index (χ2v) is 4.16. The van der Waals surface area contributed by atoms with Crippen LogP contribution in [0.1, 0.15) is 13.3 Å². The smallest absolute Gasteiger partial charge is 0.264 e. The Balaban J connectivity index is 1.98. The summed E-state index contributed by atoms with van der Waals surface area (Å²) < 4.78 is 11.0. The number of fused-ring (bicyclic) bond motifs is 1. The molecule has 18 heavy (non-hydrogen) atoms. The number of benzene rings is 1. The van der Waals surface area contributed by atoms with Gasteiger partial charge in [-0.1, -0.05) is 19.1 Å². The second-order valence-electron chi connectivity index (χ2n) is 4.16. The predicted molar refractivity (Wildman–Crippen MR) is 65.7 cm³/mol. The van der Waals surface area contributed by atoms with E-state index in [1.54, 1.807) is 12.1 Å². The molecule has 2 N–H and O–H groups in total. The lowest BCUT2D eigenvalue weighted by atomic mass is 10.2. The van der Waals surface area contributed by atoms with Crippen LogP contribution < -0.4 is 14.8 Å². The van der Waals surface area contributed by atoms with E-state index in [4.69, 9.17) is 14.6 Å². The highest BCUT2D eigenvalue weighted by Gasteiger charge is 2.28. The molecule has 98 valence electrons. The number of nitrogens with one attached hydrogen (secondary N) is 1. The Morgan fingerprint density at radius 3 is 2.89 bits per heavy atom. The maximum absolute atomic E-state index is 11.9. The van der Waals surface area contributed by atoms with Crippen LogP contribution in [0.25, 0.3) is 0 Å². The van der Waals surface area contributed by atoms with Crippen molar-refractivity contribution >= 4 is 5.91 Å². The third-order valence-corrected chi connectivity index (χ3v) is 2.86. The van der Waals surface area contributed by atoms with Crippen LogP contribution in [-0.2, 0) is 4.79 Å². The van der Waals surface area contributed by atoms with Crippen LogP contribution in [0.3, 0.4) is 0 Å². The van der Waals surface area contributed by atoms with Crippen LogP contribution >= 0.6 is 0 Å². The molecule has 0 fully saturated rings. The summed E-state index contributed by atoms with van der Waals surface area (Å²) in [6, 6.07) is 7.00.